The fourth-order valence-corrected chi connectivity index (χ4v) is 4.17. The Kier molecular flexibility index (Phi) is 4.50. The van der Waals surface area contributed by atoms with E-state index in [1.807, 2.05) is 26.8 Å². The molecule has 0 fully saturated rings. The molecule has 0 spiro atoms. The summed E-state index contributed by atoms with van der Waals surface area (Å²) in [5.74, 6) is 0.424. The van der Waals surface area contributed by atoms with Gasteiger partial charge in [-0.25, -0.2) is 8.42 Å². The molecule has 5 nitrogen and oxygen atoms in total. The predicted molar refractivity (Wildman–Crippen MR) is 84.1 cm³/mol. The van der Waals surface area contributed by atoms with Crippen LogP contribution in [0.25, 0.3) is 0 Å². The van der Waals surface area contributed by atoms with E-state index in [0.717, 1.165) is 16.3 Å². The maximum Gasteiger partial charge on any atom is 0.247 e. The minimum absolute atomic E-state index is 0.148. The van der Waals surface area contributed by atoms with Gasteiger partial charge >= 0.3 is 0 Å². The van der Waals surface area contributed by atoms with Gasteiger partial charge in [-0.05, 0) is 31.9 Å². The summed E-state index contributed by atoms with van der Waals surface area (Å²) in [5.41, 5.74) is 0.480. The molecule has 1 aliphatic rings. The lowest BCUT2D eigenvalue weighted by atomic mass is 10.0. The molecule has 22 heavy (non-hydrogen) atoms. The number of nitrogens with zero attached hydrogens (tertiary/aromatic N) is 2. The minimum atomic E-state index is -3.76. The van der Waals surface area contributed by atoms with Gasteiger partial charge in [0.25, 0.3) is 0 Å². The van der Waals surface area contributed by atoms with Gasteiger partial charge in [-0.1, -0.05) is 25.5 Å². The Labute approximate surface area is 132 Å². The summed E-state index contributed by atoms with van der Waals surface area (Å²) < 4.78 is 32.7. The van der Waals surface area contributed by atoms with E-state index in [-0.39, 0.29) is 4.90 Å². The number of rotatable bonds is 5. The zero-order valence-corrected chi connectivity index (χ0v) is 14.3. The maximum absolute atomic E-state index is 12.9. The van der Waals surface area contributed by atoms with Crippen LogP contribution in [0.2, 0.25) is 0 Å². The lowest BCUT2D eigenvalue weighted by Crippen LogP contribution is -2.36. The van der Waals surface area contributed by atoms with Crippen LogP contribution in [0.4, 0.5) is 0 Å². The highest BCUT2D eigenvalue weighted by Crippen LogP contribution is 2.40. The lowest BCUT2D eigenvalue weighted by Gasteiger charge is -2.23. The van der Waals surface area contributed by atoms with Crippen LogP contribution in [0.3, 0.4) is 0 Å². The Morgan fingerprint density at radius 3 is 2.73 bits per heavy atom. The van der Waals surface area contributed by atoms with Crippen molar-refractivity contribution in [2.24, 2.45) is 0 Å². The summed E-state index contributed by atoms with van der Waals surface area (Å²) in [6, 6.07) is 6.56. The Balaban J connectivity index is 2.45. The molecule has 0 aliphatic carbocycles. The molecule has 120 valence electrons. The summed E-state index contributed by atoms with van der Waals surface area (Å²) in [6.45, 7) is 5.79. The molecule has 0 bridgehead atoms. The van der Waals surface area contributed by atoms with E-state index in [2.05, 4.69) is 6.07 Å². The van der Waals surface area contributed by atoms with Gasteiger partial charge in [-0.15, -0.1) is 0 Å². The van der Waals surface area contributed by atoms with Crippen LogP contribution < -0.4 is 4.74 Å². The van der Waals surface area contributed by atoms with Crippen LogP contribution in [0.15, 0.2) is 23.1 Å². The second-order valence-corrected chi connectivity index (χ2v) is 8.20. The molecule has 1 unspecified atom stereocenters. The van der Waals surface area contributed by atoms with E-state index in [0.29, 0.717) is 18.6 Å². The van der Waals surface area contributed by atoms with E-state index in [4.69, 9.17) is 4.74 Å². The van der Waals surface area contributed by atoms with Gasteiger partial charge in [0.15, 0.2) is 0 Å². The highest BCUT2D eigenvalue weighted by atomic mass is 32.2. The summed E-state index contributed by atoms with van der Waals surface area (Å²) >= 11 is 0. The number of para-hydroxylation sites is 1. The number of hydrogen-bond acceptors (Lipinski definition) is 4. The van der Waals surface area contributed by atoms with Crippen molar-refractivity contribution >= 4 is 10.0 Å². The first kappa shape index (κ1) is 16.8. The second kappa shape index (κ2) is 5.90. The molecule has 1 aromatic rings. The van der Waals surface area contributed by atoms with Crippen LogP contribution in [0.1, 0.15) is 39.2 Å². The molecule has 1 heterocycles. The van der Waals surface area contributed by atoms with Crippen LogP contribution in [-0.4, -0.2) is 31.4 Å². The van der Waals surface area contributed by atoms with Gasteiger partial charge < -0.3 is 4.74 Å². The highest BCUT2D eigenvalue weighted by Gasteiger charge is 2.37. The first-order valence-corrected chi connectivity index (χ1v) is 8.85. The lowest BCUT2D eigenvalue weighted by molar-refractivity contribution is 0.135. The van der Waals surface area contributed by atoms with Gasteiger partial charge in [0, 0.05) is 13.5 Å². The van der Waals surface area contributed by atoms with Crippen molar-refractivity contribution in [3.05, 3.63) is 23.8 Å². The van der Waals surface area contributed by atoms with Gasteiger partial charge in [-0.2, -0.15) is 9.57 Å². The number of nitriles is 1. The van der Waals surface area contributed by atoms with Crippen LogP contribution in [-0.2, 0) is 16.4 Å². The fraction of sp³-hybridized carbons (Fsp3) is 0.562. The molecule has 1 aliphatic heterocycles. The van der Waals surface area contributed by atoms with Gasteiger partial charge in [0.1, 0.15) is 22.3 Å². The van der Waals surface area contributed by atoms with Gasteiger partial charge in [0.2, 0.25) is 10.0 Å². The van der Waals surface area contributed by atoms with Crippen LogP contribution in [0, 0.1) is 11.3 Å². The van der Waals surface area contributed by atoms with Crippen molar-refractivity contribution in [2.45, 2.75) is 56.6 Å². The molecule has 6 heteroatoms. The number of benzene rings is 1. The third kappa shape index (κ3) is 2.96. The zero-order chi connectivity index (χ0) is 16.5. The van der Waals surface area contributed by atoms with Crippen molar-refractivity contribution in [1.29, 1.82) is 5.26 Å². The molecule has 0 saturated carbocycles. The smallest absolute Gasteiger partial charge is 0.247 e. The topological polar surface area (TPSA) is 70.4 Å². The monoisotopic (exact) mass is 322 g/mol. The molecule has 0 saturated heterocycles. The zero-order valence-electron chi connectivity index (χ0n) is 13.5. The Hall–Kier alpha value is -1.58. The van der Waals surface area contributed by atoms with E-state index >= 15 is 0 Å². The fourth-order valence-electron chi connectivity index (χ4n) is 2.71. The van der Waals surface area contributed by atoms with Crippen LogP contribution >= 0.6 is 0 Å². The third-order valence-electron chi connectivity index (χ3n) is 3.86. The van der Waals surface area contributed by atoms with E-state index in [9.17, 15) is 13.7 Å². The summed E-state index contributed by atoms with van der Waals surface area (Å²) in [4.78, 5) is 0.148. The Morgan fingerprint density at radius 2 is 2.14 bits per heavy atom. The van der Waals surface area contributed by atoms with E-state index < -0.39 is 21.7 Å². The largest absolute Gasteiger partial charge is 0.486 e. The van der Waals surface area contributed by atoms with E-state index in [1.54, 1.807) is 12.1 Å². The van der Waals surface area contributed by atoms with Crippen LogP contribution in [0.5, 0.6) is 5.75 Å². The Bertz CT molecular complexity index is 705. The van der Waals surface area contributed by atoms with E-state index in [1.165, 1.54) is 7.05 Å². The molecular weight excluding hydrogens is 300 g/mol. The van der Waals surface area contributed by atoms with Gasteiger partial charge in [-0.3, -0.25) is 0 Å². The Morgan fingerprint density at radius 1 is 1.45 bits per heavy atom. The average Bonchev–Trinajstić information content (AvgIpc) is 2.77. The number of hydrogen-bond donors (Lipinski definition) is 0. The standard InChI is InChI=1S/C16H22N2O3S/c1-5-7-13(11-17)18(4)22(19,20)14-9-6-8-12-10-16(2,3)21-15(12)14/h6,8-9,13H,5,7,10H2,1-4H3. The molecule has 2 rings (SSSR count). The summed E-state index contributed by atoms with van der Waals surface area (Å²) in [7, 11) is -2.31. The number of fused-ring (bicyclic) bond motifs is 1. The molecular formula is C16H22N2O3S. The minimum Gasteiger partial charge on any atom is -0.486 e. The van der Waals surface area contributed by atoms with Gasteiger partial charge in [0.05, 0.1) is 6.07 Å². The summed E-state index contributed by atoms with van der Waals surface area (Å²) in [6.07, 6.45) is 1.92. The van der Waals surface area contributed by atoms with Crippen molar-refractivity contribution in [3.63, 3.8) is 0 Å². The molecule has 1 atom stereocenters. The molecule has 0 amide bonds. The third-order valence-corrected chi connectivity index (χ3v) is 5.75. The molecule has 0 N–H and O–H groups in total. The number of ether oxygens (including phenoxy) is 1. The SMILES string of the molecule is CCCC(C#N)N(C)S(=O)(=O)c1cccc2c1OC(C)(C)C2. The normalized spacial score (nSPS) is 17.6. The molecule has 0 radical (unpaired) electrons. The average molecular weight is 322 g/mol. The first-order chi connectivity index (χ1) is 10.2. The van der Waals surface area contributed by atoms with Crippen molar-refractivity contribution in [3.8, 4) is 11.8 Å². The first-order valence-electron chi connectivity index (χ1n) is 7.41. The number of sulfonamides is 1. The van der Waals surface area contributed by atoms with Crippen molar-refractivity contribution < 1.29 is 13.2 Å². The quantitative estimate of drug-likeness (QED) is 0.835. The molecule has 0 aromatic heterocycles. The highest BCUT2D eigenvalue weighted by molar-refractivity contribution is 7.89. The second-order valence-electron chi connectivity index (χ2n) is 6.24. The summed E-state index contributed by atoms with van der Waals surface area (Å²) in [5, 5.41) is 9.23. The predicted octanol–water partition coefficient (Wildman–Crippen LogP) is 2.71. The van der Waals surface area contributed by atoms with Crippen molar-refractivity contribution in [2.75, 3.05) is 7.05 Å². The molecule has 1 aromatic carbocycles. The maximum atomic E-state index is 12.9. The van der Waals surface area contributed by atoms with Crippen molar-refractivity contribution in [1.82, 2.24) is 4.31 Å².